The fourth-order valence-electron chi connectivity index (χ4n) is 8.59. The molecule has 3 unspecified atom stereocenters. The Morgan fingerprint density at radius 1 is 0.368 bits per heavy atom. The van der Waals surface area contributed by atoms with Gasteiger partial charge in [-0.05, 0) is 37.0 Å². The molecule has 0 aromatic carbocycles. The summed E-state index contributed by atoms with van der Waals surface area (Å²) in [6.07, 6.45) is 14.9. The molecule has 446 valence electrons. The summed E-state index contributed by atoms with van der Waals surface area (Å²) in [5.41, 5.74) is 0. The molecule has 76 heavy (non-hydrogen) atoms. The van der Waals surface area contributed by atoms with E-state index in [-0.39, 0.29) is 132 Å². The van der Waals surface area contributed by atoms with E-state index in [4.69, 9.17) is 0 Å². The van der Waals surface area contributed by atoms with E-state index < -0.39 is 18.1 Å². The third kappa shape index (κ3) is 34.8. The van der Waals surface area contributed by atoms with Crippen LogP contribution in [0, 0.1) is 17.8 Å². The molecule has 22 heteroatoms. The predicted molar refractivity (Wildman–Crippen MR) is 329 cm³/mol. The zero-order valence-electron chi connectivity index (χ0n) is 48.3. The molecule has 0 saturated carbocycles. The van der Waals surface area contributed by atoms with E-state index >= 15 is 0 Å². The molecule has 0 spiro atoms. The minimum Gasteiger partial charge on any atom is -0.395 e. The van der Waals surface area contributed by atoms with Crippen LogP contribution >= 0.6 is 64.8 Å². The second-order valence-electron chi connectivity index (χ2n) is 20.1. The maximum atomic E-state index is 14.0. The molecular weight excluding hydrogens is 1080 g/mol. The van der Waals surface area contributed by atoms with E-state index in [0.717, 1.165) is 36.5 Å². The van der Waals surface area contributed by atoms with Gasteiger partial charge in [0.2, 0.25) is 35.4 Å². The largest absolute Gasteiger partial charge is 0.395 e. The number of carbonyl (C=O) groups is 6. The van der Waals surface area contributed by atoms with Gasteiger partial charge in [-0.1, -0.05) is 185 Å². The molecule has 0 radical (unpaired) electrons. The summed E-state index contributed by atoms with van der Waals surface area (Å²) in [7, 11) is 10.2. The highest BCUT2D eigenvalue weighted by atomic mass is 33.1. The Bertz CT molecular complexity index is 1360. The highest BCUT2D eigenvalue weighted by Gasteiger charge is 2.35. The lowest BCUT2D eigenvalue weighted by molar-refractivity contribution is -0.142. The molecule has 16 nitrogen and oxygen atoms in total. The molecule has 0 aromatic heterocycles. The third-order valence-corrected chi connectivity index (χ3v) is 20.0. The highest BCUT2D eigenvalue weighted by Crippen LogP contribution is 2.27. The number of hydrogen-bond acceptors (Lipinski definition) is 16. The Balaban J connectivity index is 6.18. The van der Waals surface area contributed by atoms with Crippen molar-refractivity contribution < 1.29 is 44.1 Å². The molecule has 0 heterocycles. The number of hydrogen-bond donors (Lipinski definition) is 6. The normalized spacial score (nSPS) is 12.8. The van der Waals surface area contributed by atoms with Gasteiger partial charge in [-0.3, -0.25) is 33.7 Å². The third-order valence-electron chi connectivity index (χ3n) is 12.6. The minimum atomic E-state index is -0.811. The van der Waals surface area contributed by atoms with E-state index in [2.05, 4.69) is 36.7 Å². The molecule has 0 bridgehead atoms. The van der Waals surface area contributed by atoms with Crippen LogP contribution in [0.5, 0.6) is 0 Å². The molecule has 0 fully saturated rings. The van der Waals surface area contributed by atoms with Crippen LogP contribution in [0.2, 0.25) is 0 Å². The quantitative estimate of drug-likeness (QED) is 0.0250. The zero-order chi connectivity index (χ0) is 56.9. The molecule has 3 atom stereocenters. The van der Waals surface area contributed by atoms with Gasteiger partial charge in [0.05, 0.1) is 19.8 Å². The SMILES string of the molecule is CCCCCCSSCCC(=O)N(CCO)C(C(=O)NCCN(CCNC(=O)C(C(C)C)N(CCO)C(=O)CCSSCCCCCC)CCNC(=O)C(C(C)C)N(CCO)C(=O)CCSSCCCCCC)C(C)C. The van der Waals surface area contributed by atoms with Gasteiger partial charge in [0, 0.05) is 113 Å². The smallest absolute Gasteiger partial charge is 0.243 e. The number of nitrogens with one attached hydrogen (secondary N) is 3. The van der Waals surface area contributed by atoms with Crippen molar-refractivity contribution in [3.63, 3.8) is 0 Å². The molecule has 0 aliphatic carbocycles. The van der Waals surface area contributed by atoms with Crippen LogP contribution in [0.4, 0.5) is 0 Å². The summed E-state index contributed by atoms with van der Waals surface area (Å²) in [5.74, 6) is 2.54. The Morgan fingerprint density at radius 2 is 0.618 bits per heavy atom. The van der Waals surface area contributed by atoms with Crippen LogP contribution in [0.15, 0.2) is 0 Å². The summed E-state index contributed by atoms with van der Waals surface area (Å²) >= 11 is 0. The van der Waals surface area contributed by atoms with Crippen molar-refractivity contribution in [2.24, 2.45) is 17.8 Å². The average molecular weight is 1190 g/mol. The number of aliphatic hydroxyl groups excluding tert-OH is 3. The van der Waals surface area contributed by atoms with E-state index in [1.807, 2.05) is 46.4 Å². The number of rotatable bonds is 51. The summed E-state index contributed by atoms with van der Waals surface area (Å²) in [4.78, 5) is 89.1. The molecular formula is C54H105N7O9S6. The minimum absolute atomic E-state index is 0.0291. The Hall–Kier alpha value is -1.24. The number of nitrogens with zero attached hydrogens (tertiary/aromatic N) is 4. The molecule has 6 N–H and O–H groups in total. The molecule has 0 rings (SSSR count). The van der Waals surface area contributed by atoms with E-state index in [9.17, 15) is 44.1 Å². The Labute approximate surface area is 484 Å². The summed E-state index contributed by atoms with van der Waals surface area (Å²) in [5, 5.41) is 39.1. The van der Waals surface area contributed by atoms with Gasteiger partial charge in [0.1, 0.15) is 18.1 Å². The topological polar surface area (TPSA) is 212 Å². The molecule has 0 aromatic rings. The first-order valence-corrected chi connectivity index (χ1v) is 36.0. The van der Waals surface area contributed by atoms with Gasteiger partial charge in [-0.25, -0.2) is 0 Å². The summed E-state index contributed by atoms with van der Waals surface area (Å²) in [6.45, 7) is 18.5. The van der Waals surface area contributed by atoms with E-state index in [1.165, 1.54) is 72.5 Å². The van der Waals surface area contributed by atoms with Crippen molar-refractivity contribution in [1.29, 1.82) is 0 Å². The van der Waals surface area contributed by atoms with Crippen molar-refractivity contribution in [2.45, 2.75) is 177 Å². The molecule has 0 aliphatic rings. The molecule has 6 amide bonds. The zero-order valence-corrected chi connectivity index (χ0v) is 53.2. The lowest BCUT2D eigenvalue weighted by Gasteiger charge is -2.34. The number of aliphatic hydroxyl groups is 3. The van der Waals surface area contributed by atoms with Crippen LogP contribution in [-0.4, -0.2) is 202 Å². The number of unbranched alkanes of at least 4 members (excludes halogenated alkanes) is 9. The Morgan fingerprint density at radius 3 is 0.842 bits per heavy atom. The van der Waals surface area contributed by atoms with Gasteiger partial charge < -0.3 is 46.0 Å². The van der Waals surface area contributed by atoms with E-state index in [0.29, 0.717) is 36.9 Å². The van der Waals surface area contributed by atoms with Crippen LogP contribution in [0.1, 0.15) is 159 Å². The predicted octanol–water partition coefficient (Wildman–Crippen LogP) is 8.23. The fraction of sp³-hybridized carbons (Fsp3) is 0.889. The van der Waals surface area contributed by atoms with Gasteiger partial charge >= 0.3 is 0 Å². The van der Waals surface area contributed by atoms with Gasteiger partial charge in [-0.2, -0.15) is 0 Å². The number of amides is 6. The molecule has 0 aliphatic heterocycles. The van der Waals surface area contributed by atoms with Crippen molar-refractivity contribution in [3.8, 4) is 0 Å². The Kier molecular flexibility index (Phi) is 48.8. The fourth-order valence-corrected chi connectivity index (χ4v) is 15.0. The average Bonchev–Trinajstić information content (AvgIpc) is 3.37. The van der Waals surface area contributed by atoms with Crippen molar-refractivity contribution in [1.82, 2.24) is 35.6 Å². The van der Waals surface area contributed by atoms with Gasteiger partial charge in [-0.15, -0.1) is 0 Å². The molecule has 0 saturated heterocycles. The monoisotopic (exact) mass is 1190 g/mol. The van der Waals surface area contributed by atoms with Crippen LogP contribution < -0.4 is 16.0 Å². The first kappa shape index (κ1) is 74.8. The van der Waals surface area contributed by atoms with Crippen molar-refractivity contribution in [3.05, 3.63) is 0 Å². The first-order valence-electron chi connectivity index (χ1n) is 28.6. The lowest BCUT2D eigenvalue weighted by Crippen LogP contribution is -2.55. The van der Waals surface area contributed by atoms with Crippen molar-refractivity contribution >= 4 is 100 Å². The van der Waals surface area contributed by atoms with Crippen LogP contribution in [0.3, 0.4) is 0 Å². The van der Waals surface area contributed by atoms with Gasteiger partial charge in [0.25, 0.3) is 0 Å². The maximum absolute atomic E-state index is 14.0. The van der Waals surface area contributed by atoms with Crippen LogP contribution in [-0.2, 0) is 28.8 Å². The van der Waals surface area contributed by atoms with Gasteiger partial charge in [0.15, 0.2) is 0 Å². The summed E-state index contributed by atoms with van der Waals surface area (Å²) < 4.78 is 0. The highest BCUT2D eigenvalue weighted by molar-refractivity contribution is 8.77. The van der Waals surface area contributed by atoms with Crippen LogP contribution in [0.25, 0.3) is 0 Å². The number of carbonyl (C=O) groups excluding carboxylic acids is 6. The second kappa shape index (κ2) is 49.6. The standard InChI is InChI=1S/C54H105N7O9S6/c1-10-13-16-19-37-71-74-40-22-46(65)59(31-34-62)49(43(4)5)52(68)55-25-28-58(29-26-56-53(69)50(44(6)7)60(32-35-63)47(66)23-41-75-72-38-20-17-14-11-2)30-27-57-54(70)51(45(8)9)61(33-36-64)48(67)24-42-76-73-39-21-18-15-12-3/h43-45,49-51,62-64H,10-42H2,1-9H3,(H,55,68)(H,56,69)(H,57,70). The summed E-state index contributed by atoms with van der Waals surface area (Å²) in [6, 6.07) is -2.43. The second-order valence-corrected chi connectivity index (χ2v) is 28.2. The van der Waals surface area contributed by atoms with E-state index in [1.54, 1.807) is 64.8 Å². The first-order chi connectivity index (χ1) is 36.6. The maximum Gasteiger partial charge on any atom is 0.243 e. The lowest BCUT2D eigenvalue weighted by atomic mass is 10.0. The van der Waals surface area contributed by atoms with Crippen molar-refractivity contribution in [2.75, 3.05) is 113 Å².